The standard InChI is InChI=1S/C26H23ClN4O5/c1-16-10-17(2)18(3)25(11-16)36-23-13-20(12-21(14-23)31(33)34)28-26(32)24-8-9-30(29-24)15-35-22-6-4-19(27)5-7-22/h4-14H,15H2,1-3H3,(H,28,32). The van der Waals surface area contributed by atoms with Gasteiger partial charge in [-0.1, -0.05) is 17.7 Å². The van der Waals surface area contributed by atoms with Crippen LogP contribution in [0.1, 0.15) is 27.2 Å². The molecule has 0 aliphatic rings. The number of ether oxygens (including phenoxy) is 2. The fourth-order valence-electron chi connectivity index (χ4n) is 3.47. The van der Waals surface area contributed by atoms with Crippen LogP contribution in [0, 0.1) is 30.9 Å². The van der Waals surface area contributed by atoms with Crippen molar-refractivity contribution in [1.82, 2.24) is 9.78 Å². The maximum atomic E-state index is 12.8. The minimum Gasteiger partial charge on any atom is -0.471 e. The number of anilines is 1. The summed E-state index contributed by atoms with van der Waals surface area (Å²) in [5.74, 6) is 0.887. The van der Waals surface area contributed by atoms with Gasteiger partial charge in [-0.25, -0.2) is 4.68 Å². The van der Waals surface area contributed by atoms with E-state index >= 15 is 0 Å². The quantitative estimate of drug-likeness (QED) is 0.217. The van der Waals surface area contributed by atoms with Gasteiger partial charge in [0.15, 0.2) is 12.4 Å². The van der Waals surface area contributed by atoms with Gasteiger partial charge in [-0.2, -0.15) is 5.10 Å². The van der Waals surface area contributed by atoms with Crippen LogP contribution in [0.4, 0.5) is 11.4 Å². The summed E-state index contributed by atoms with van der Waals surface area (Å²) in [5, 5.41) is 19.0. The number of carbonyl (C=O) groups is 1. The average molecular weight is 507 g/mol. The van der Waals surface area contributed by atoms with Gasteiger partial charge in [0.25, 0.3) is 11.6 Å². The molecular weight excluding hydrogens is 484 g/mol. The van der Waals surface area contributed by atoms with Crippen LogP contribution in [0.3, 0.4) is 0 Å². The van der Waals surface area contributed by atoms with Crippen molar-refractivity contribution in [3.8, 4) is 17.2 Å². The molecule has 0 aliphatic heterocycles. The number of hydrogen-bond acceptors (Lipinski definition) is 6. The average Bonchev–Trinajstić information content (AvgIpc) is 3.31. The van der Waals surface area contributed by atoms with Crippen molar-refractivity contribution in [3.63, 3.8) is 0 Å². The van der Waals surface area contributed by atoms with Gasteiger partial charge in [0.1, 0.15) is 17.2 Å². The molecule has 0 saturated heterocycles. The molecule has 1 N–H and O–H groups in total. The molecule has 3 aromatic carbocycles. The Morgan fingerprint density at radius 1 is 1.06 bits per heavy atom. The van der Waals surface area contributed by atoms with Gasteiger partial charge < -0.3 is 14.8 Å². The van der Waals surface area contributed by atoms with E-state index in [1.54, 1.807) is 30.5 Å². The van der Waals surface area contributed by atoms with E-state index in [1.807, 2.05) is 32.9 Å². The molecule has 4 rings (SSSR count). The Morgan fingerprint density at radius 3 is 2.53 bits per heavy atom. The Balaban J connectivity index is 1.49. The second-order valence-corrected chi connectivity index (χ2v) is 8.64. The predicted octanol–water partition coefficient (Wildman–Crippen LogP) is 6.45. The predicted molar refractivity (Wildman–Crippen MR) is 136 cm³/mol. The van der Waals surface area contributed by atoms with E-state index in [0.29, 0.717) is 16.5 Å². The van der Waals surface area contributed by atoms with Crippen molar-refractivity contribution in [1.29, 1.82) is 0 Å². The SMILES string of the molecule is Cc1cc(C)c(C)c(Oc2cc(NC(=O)c3ccn(COc4ccc(Cl)cc4)n3)cc([N+](=O)[O-])c2)c1. The number of hydrogen-bond donors (Lipinski definition) is 1. The zero-order chi connectivity index (χ0) is 25.8. The molecule has 184 valence electrons. The molecular formula is C26H23ClN4O5. The van der Waals surface area contributed by atoms with Gasteiger partial charge >= 0.3 is 0 Å². The van der Waals surface area contributed by atoms with E-state index < -0.39 is 10.8 Å². The number of benzene rings is 3. The fourth-order valence-corrected chi connectivity index (χ4v) is 3.60. The normalized spacial score (nSPS) is 10.7. The van der Waals surface area contributed by atoms with Gasteiger partial charge in [0.2, 0.25) is 0 Å². The van der Waals surface area contributed by atoms with Gasteiger partial charge in [-0.3, -0.25) is 14.9 Å². The second-order valence-electron chi connectivity index (χ2n) is 8.20. The Bertz CT molecular complexity index is 1430. The minimum absolute atomic E-state index is 0.0823. The number of aromatic nitrogens is 2. The largest absolute Gasteiger partial charge is 0.471 e. The van der Waals surface area contributed by atoms with Gasteiger partial charge in [-0.05, 0) is 73.9 Å². The van der Waals surface area contributed by atoms with E-state index in [9.17, 15) is 14.9 Å². The van der Waals surface area contributed by atoms with Crippen LogP contribution in [-0.2, 0) is 6.73 Å². The molecule has 10 heteroatoms. The molecule has 0 saturated carbocycles. The Morgan fingerprint density at radius 2 is 1.81 bits per heavy atom. The Kier molecular flexibility index (Phi) is 7.21. The van der Waals surface area contributed by atoms with Crippen LogP contribution < -0.4 is 14.8 Å². The monoisotopic (exact) mass is 506 g/mol. The minimum atomic E-state index is -0.542. The summed E-state index contributed by atoms with van der Waals surface area (Å²) in [6, 6.07) is 16.4. The lowest BCUT2D eigenvalue weighted by atomic mass is 10.1. The van der Waals surface area contributed by atoms with Crippen LogP contribution in [0.2, 0.25) is 5.02 Å². The summed E-state index contributed by atoms with van der Waals surface area (Å²) >= 11 is 5.87. The first-order valence-electron chi connectivity index (χ1n) is 11.0. The van der Waals surface area contributed by atoms with E-state index in [2.05, 4.69) is 10.4 Å². The third kappa shape index (κ3) is 6.00. The van der Waals surface area contributed by atoms with E-state index in [-0.39, 0.29) is 29.5 Å². The first-order chi connectivity index (χ1) is 17.2. The molecule has 0 radical (unpaired) electrons. The van der Waals surface area contributed by atoms with Gasteiger partial charge in [0.05, 0.1) is 16.7 Å². The summed E-state index contributed by atoms with van der Waals surface area (Å²) < 4.78 is 13.0. The summed E-state index contributed by atoms with van der Waals surface area (Å²) in [6.45, 7) is 5.90. The molecule has 0 atom stereocenters. The molecule has 4 aromatic rings. The van der Waals surface area contributed by atoms with Crippen LogP contribution >= 0.6 is 11.6 Å². The maximum absolute atomic E-state index is 12.8. The summed E-state index contributed by atoms with van der Waals surface area (Å²) in [6.07, 6.45) is 1.59. The zero-order valence-corrected chi connectivity index (χ0v) is 20.6. The maximum Gasteiger partial charge on any atom is 0.276 e. The zero-order valence-electron chi connectivity index (χ0n) is 19.8. The number of nitrogens with one attached hydrogen (secondary N) is 1. The Labute approximate surface area is 212 Å². The van der Waals surface area contributed by atoms with Crippen LogP contribution in [0.15, 0.2) is 66.9 Å². The topological polar surface area (TPSA) is 109 Å². The number of nitro benzene ring substituents is 1. The van der Waals surface area contributed by atoms with Gasteiger partial charge in [0, 0.05) is 23.4 Å². The van der Waals surface area contributed by atoms with E-state index in [0.717, 1.165) is 16.7 Å². The van der Waals surface area contributed by atoms with Crippen molar-refractivity contribution < 1.29 is 19.2 Å². The van der Waals surface area contributed by atoms with Crippen molar-refractivity contribution >= 4 is 28.9 Å². The number of non-ortho nitro benzene ring substituents is 1. The molecule has 1 aromatic heterocycles. The lowest BCUT2D eigenvalue weighted by Crippen LogP contribution is -2.14. The molecule has 0 unspecified atom stereocenters. The third-order valence-corrected chi connectivity index (χ3v) is 5.65. The van der Waals surface area contributed by atoms with Crippen LogP contribution in [-0.4, -0.2) is 20.6 Å². The van der Waals surface area contributed by atoms with Crippen molar-refractivity contribution in [2.45, 2.75) is 27.5 Å². The van der Waals surface area contributed by atoms with E-state index in [4.69, 9.17) is 21.1 Å². The summed E-state index contributed by atoms with van der Waals surface area (Å²) in [5.41, 5.74) is 3.07. The summed E-state index contributed by atoms with van der Waals surface area (Å²) in [4.78, 5) is 23.7. The fraction of sp³-hybridized carbons (Fsp3) is 0.154. The van der Waals surface area contributed by atoms with Gasteiger partial charge in [-0.15, -0.1) is 0 Å². The lowest BCUT2D eigenvalue weighted by molar-refractivity contribution is -0.384. The number of halogens is 1. The first kappa shape index (κ1) is 24.7. The van der Waals surface area contributed by atoms with Crippen molar-refractivity contribution in [2.75, 3.05) is 5.32 Å². The second kappa shape index (κ2) is 10.5. The number of amides is 1. The molecule has 1 heterocycles. The third-order valence-electron chi connectivity index (χ3n) is 5.40. The summed E-state index contributed by atoms with van der Waals surface area (Å²) in [7, 11) is 0. The molecule has 0 aliphatic carbocycles. The van der Waals surface area contributed by atoms with Crippen LogP contribution in [0.25, 0.3) is 0 Å². The molecule has 0 spiro atoms. The highest BCUT2D eigenvalue weighted by atomic mass is 35.5. The molecule has 0 bridgehead atoms. The molecule has 9 nitrogen and oxygen atoms in total. The molecule has 1 amide bonds. The number of carbonyl (C=O) groups excluding carboxylic acids is 1. The highest BCUT2D eigenvalue weighted by molar-refractivity contribution is 6.30. The number of nitro groups is 1. The van der Waals surface area contributed by atoms with Crippen molar-refractivity contribution in [3.05, 3.63) is 104 Å². The Hall–Kier alpha value is -4.37. The molecule has 0 fully saturated rings. The highest BCUT2D eigenvalue weighted by Gasteiger charge is 2.16. The van der Waals surface area contributed by atoms with Crippen LogP contribution in [0.5, 0.6) is 17.2 Å². The molecule has 36 heavy (non-hydrogen) atoms. The number of nitrogens with zero attached hydrogens (tertiary/aromatic N) is 3. The van der Waals surface area contributed by atoms with Crippen molar-refractivity contribution in [2.24, 2.45) is 0 Å². The smallest absolute Gasteiger partial charge is 0.276 e. The van der Waals surface area contributed by atoms with E-state index in [1.165, 1.54) is 28.9 Å². The number of aryl methyl sites for hydroxylation is 2. The first-order valence-corrected chi connectivity index (χ1v) is 11.3. The lowest BCUT2D eigenvalue weighted by Gasteiger charge is -2.13. The number of rotatable bonds is 8. The highest BCUT2D eigenvalue weighted by Crippen LogP contribution is 2.33.